The first-order valence-electron chi connectivity index (χ1n) is 5.83. The molecule has 0 amide bonds. The van der Waals surface area contributed by atoms with Crippen molar-refractivity contribution in [3.05, 3.63) is 41.2 Å². The minimum atomic E-state index is -1.11. The first-order chi connectivity index (χ1) is 8.97. The van der Waals surface area contributed by atoms with Crippen LogP contribution in [0.1, 0.15) is 30.9 Å². The normalized spacial score (nSPS) is 12.4. The van der Waals surface area contributed by atoms with E-state index in [4.69, 9.17) is 5.11 Å². The second-order valence-corrected chi connectivity index (χ2v) is 3.90. The third-order valence-electron chi connectivity index (χ3n) is 2.58. The van der Waals surface area contributed by atoms with Gasteiger partial charge in [0, 0.05) is 17.2 Å². The van der Waals surface area contributed by atoms with Gasteiger partial charge in [-0.05, 0) is 19.9 Å². The Bertz CT molecular complexity index is 508. The number of hydrogen-bond acceptors (Lipinski definition) is 3. The first-order valence-corrected chi connectivity index (χ1v) is 5.83. The standard InChI is InChI=1S/C14H15FO4/c1-3-19-12(16)8-7-10-5-4-6-11(13(10)15)9(2)14(17)18/h4-9H,3H2,1-2H3,(H,17,18)/b8-7+. The molecule has 0 bridgehead atoms. The molecule has 0 fully saturated rings. The number of hydrogen-bond donors (Lipinski definition) is 1. The number of carbonyl (C=O) groups excluding carboxylic acids is 1. The Balaban J connectivity index is 3.01. The number of halogens is 1. The number of ether oxygens (including phenoxy) is 1. The lowest BCUT2D eigenvalue weighted by atomic mass is 9.98. The van der Waals surface area contributed by atoms with Crippen LogP contribution in [-0.2, 0) is 14.3 Å². The van der Waals surface area contributed by atoms with Crippen molar-refractivity contribution in [2.45, 2.75) is 19.8 Å². The van der Waals surface area contributed by atoms with Crippen LogP contribution >= 0.6 is 0 Å². The molecule has 0 spiro atoms. The zero-order valence-electron chi connectivity index (χ0n) is 10.7. The van der Waals surface area contributed by atoms with E-state index in [1.54, 1.807) is 13.0 Å². The van der Waals surface area contributed by atoms with E-state index in [0.717, 1.165) is 6.08 Å². The predicted molar refractivity (Wildman–Crippen MR) is 68.1 cm³/mol. The van der Waals surface area contributed by atoms with E-state index in [2.05, 4.69) is 4.74 Å². The molecule has 1 rings (SSSR count). The zero-order chi connectivity index (χ0) is 14.4. The Kier molecular flexibility index (Phi) is 5.23. The molecule has 1 atom stereocenters. The van der Waals surface area contributed by atoms with Gasteiger partial charge in [-0.1, -0.05) is 18.2 Å². The van der Waals surface area contributed by atoms with Gasteiger partial charge in [0.1, 0.15) is 5.82 Å². The summed E-state index contributed by atoms with van der Waals surface area (Å²) in [5.74, 6) is -3.27. The lowest BCUT2D eigenvalue weighted by molar-refractivity contribution is -0.138. The van der Waals surface area contributed by atoms with Crippen LogP contribution in [0.2, 0.25) is 0 Å². The highest BCUT2D eigenvalue weighted by atomic mass is 19.1. The number of carbonyl (C=O) groups is 2. The lowest BCUT2D eigenvalue weighted by Crippen LogP contribution is -2.10. The Labute approximate surface area is 110 Å². The van der Waals surface area contributed by atoms with Crippen LogP contribution in [0.5, 0.6) is 0 Å². The molecule has 1 N–H and O–H groups in total. The number of benzene rings is 1. The average Bonchev–Trinajstić information content (AvgIpc) is 2.37. The summed E-state index contributed by atoms with van der Waals surface area (Å²) in [4.78, 5) is 22.0. The molecule has 0 aliphatic rings. The van der Waals surface area contributed by atoms with Crippen molar-refractivity contribution in [2.24, 2.45) is 0 Å². The van der Waals surface area contributed by atoms with Crippen LogP contribution in [0.15, 0.2) is 24.3 Å². The largest absolute Gasteiger partial charge is 0.481 e. The van der Waals surface area contributed by atoms with Crippen molar-refractivity contribution in [3.8, 4) is 0 Å². The van der Waals surface area contributed by atoms with E-state index < -0.39 is 23.7 Å². The molecular weight excluding hydrogens is 251 g/mol. The molecule has 0 saturated heterocycles. The van der Waals surface area contributed by atoms with Crippen molar-refractivity contribution >= 4 is 18.0 Å². The molecule has 0 saturated carbocycles. The van der Waals surface area contributed by atoms with Gasteiger partial charge in [0.2, 0.25) is 0 Å². The van der Waals surface area contributed by atoms with Crippen LogP contribution in [0, 0.1) is 5.82 Å². The Hall–Kier alpha value is -2.17. The van der Waals surface area contributed by atoms with Crippen molar-refractivity contribution in [1.82, 2.24) is 0 Å². The van der Waals surface area contributed by atoms with Crippen molar-refractivity contribution in [1.29, 1.82) is 0 Å². The summed E-state index contributed by atoms with van der Waals surface area (Å²) < 4.78 is 18.7. The van der Waals surface area contributed by atoms with E-state index in [9.17, 15) is 14.0 Å². The summed E-state index contributed by atoms with van der Waals surface area (Å²) >= 11 is 0. The molecule has 1 unspecified atom stereocenters. The molecule has 0 aliphatic carbocycles. The van der Waals surface area contributed by atoms with Gasteiger partial charge in [-0.25, -0.2) is 9.18 Å². The quantitative estimate of drug-likeness (QED) is 0.657. The smallest absolute Gasteiger partial charge is 0.330 e. The molecule has 0 heterocycles. The van der Waals surface area contributed by atoms with E-state index in [1.165, 1.54) is 25.1 Å². The average molecular weight is 266 g/mol. The van der Waals surface area contributed by atoms with Gasteiger partial charge in [0.25, 0.3) is 0 Å². The number of rotatable bonds is 5. The number of esters is 1. The summed E-state index contributed by atoms with van der Waals surface area (Å²) in [5, 5.41) is 8.88. The predicted octanol–water partition coefficient (Wildman–Crippen LogP) is 2.59. The Morgan fingerprint density at radius 1 is 1.47 bits per heavy atom. The number of aliphatic carboxylic acids is 1. The minimum absolute atomic E-state index is 0.0820. The summed E-state index contributed by atoms with van der Waals surface area (Å²) in [6.45, 7) is 3.31. The van der Waals surface area contributed by atoms with Crippen LogP contribution in [0.25, 0.3) is 6.08 Å². The highest BCUT2D eigenvalue weighted by Crippen LogP contribution is 2.22. The van der Waals surface area contributed by atoms with Gasteiger partial charge in [-0.2, -0.15) is 0 Å². The SMILES string of the molecule is CCOC(=O)/C=C/c1cccc(C(C)C(=O)O)c1F. The highest BCUT2D eigenvalue weighted by molar-refractivity contribution is 5.87. The molecule has 4 nitrogen and oxygen atoms in total. The lowest BCUT2D eigenvalue weighted by Gasteiger charge is -2.09. The molecule has 0 aliphatic heterocycles. The third kappa shape index (κ3) is 3.91. The summed E-state index contributed by atoms with van der Waals surface area (Å²) in [5.41, 5.74) is 0.233. The van der Waals surface area contributed by atoms with Gasteiger partial charge < -0.3 is 9.84 Å². The van der Waals surface area contributed by atoms with E-state index in [0.29, 0.717) is 0 Å². The maximum atomic E-state index is 14.1. The maximum absolute atomic E-state index is 14.1. The first kappa shape index (κ1) is 14.9. The topological polar surface area (TPSA) is 63.6 Å². The Morgan fingerprint density at radius 3 is 2.74 bits per heavy atom. The van der Waals surface area contributed by atoms with E-state index in [1.807, 2.05) is 0 Å². The van der Waals surface area contributed by atoms with Gasteiger partial charge >= 0.3 is 11.9 Å². The molecule has 102 valence electrons. The highest BCUT2D eigenvalue weighted by Gasteiger charge is 2.18. The summed E-state index contributed by atoms with van der Waals surface area (Å²) in [6.07, 6.45) is 2.38. The van der Waals surface area contributed by atoms with E-state index in [-0.39, 0.29) is 17.7 Å². The molecule has 1 aromatic rings. The van der Waals surface area contributed by atoms with Gasteiger partial charge in [0.05, 0.1) is 12.5 Å². The molecule has 1 aromatic carbocycles. The fourth-order valence-electron chi connectivity index (χ4n) is 1.51. The molecule has 5 heteroatoms. The van der Waals surface area contributed by atoms with Crippen molar-refractivity contribution in [3.63, 3.8) is 0 Å². The van der Waals surface area contributed by atoms with E-state index >= 15 is 0 Å². The summed E-state index contributed by atoms with van der Waals surface area (Å²) in [6, 6.07) is 4.42. The van der Waals surface area contributed by atoms with Crippen LogP contribution < -0.4 is 0 Å². The fourth-order valence-corrected chi connectivity index (χ4v) is 1.51. The van der Waals surface area contributed by atoms with Crippen LogP contribution in [0.3, 0.4) is 0 Å². The second kappa shape index (κ2) is 6.68. The van der Waals surface area contributed by atoms with Gasteiger partial charge in [-0.3, -0.25) is 4.79 Å². The minimum Gasteiger partial charge on any atom is -0.481 e. The summed E-state index contributed by atoms with van der Waals surface area (Å²) in [7, 11) is 0. The molecule has 0 aromatic heterocycles. The van der Waals surface area contributed by atoms with Gasteiger partial charge in [0.15, 0.2) is 0 Å². The number of carboxylic acids is 1. The molecule has 0 radical (unpaired) electrons. The third-order valence-corrected chi connectivity index (χ3v) is 2.58. The molecule has 19 heavy (non-hydrogen) atoms. The maximum Gasteiger partial charge on any atom is 0.330 e. The van der Waals surface area contributed by atoms with Gasteiger partial charge in [-0.15, -0.1) is 0 Å². The van der Waals surface area contributed by atoms with Crippen molar-refractivity contribution < 1.29 is 23.8 Å². The molecular formula is C14H15FO4. The fraction of sp³-hybridized carbons (Fsp3) is 0.286. The Morgan fingerprint density at radius 2 is 2.16 bits per heavy atom. The monoisotopic (exact) mass is 266 g/mol. The zero-order valence-corrected chi connectivity index (χ0v) is 10.7. The number of carboxylic acid groups (broad SMARTS) is 1. The van der Waals surface area contributed by atoms with Crippen molar-refractivity contribution in [2.75, 3.05) is 6.61 Å². The van der Waals surface area contributed by atoms with Crippen LogP contribution in [0.4, 0.5) is 4.39 Å². The second-order valence-electron chi connectivity index (χ2n) is 3.90. The van der Waals surface area contributed by atoms with Crippen LogP contribution in [-0.4, -0.2) is 23.7 Å².